The fourth-order valence-corrected chi connectivity index (χ4v) is 2.14. The average molecular weight is 352 g/mol. The van der Waals surface area contributed by atoms with Gasteiger partial charge in [-0.25, -0.2) is 4.79 Å². The minimum absolute atomic E-state index is 0.0235. The van der Waals surface area contributed by atoms with Crippen molar-refractivity contribution in [3.63, 3.8) is 0 Å². The summed E-state index contributed by atoms with van der Waals surface area (Å²) in [5.41, 5.74) is 6.76. The van der Waals surface area contributed by atoms with E-state index in [1.54, 1.807) is 31.4 Å². The van der Waals surface area contributed by atoms with Crippen molar-refractivity contribution in [2.75, 3.05) is 21.3 Å². The van der Waals surface area contributed by atoms with E-state index in [1.807, 2.05) is 0 Å². The molecule has 0 unspecified atom stereocenters. The molecule has 8 heteroatoms. The van der Waals surface area contributed by atoms with E-state index in [2.05, 4.69) is 14.8 Å². The summed E-state index contributed by atoms with van der Waals surface area (Å²) in [7, 11) is 4.02. The highest BCUT2D eigenvalue weighted by molar-refractivity contribution is 5.87. The summed E-state index contributed by atoms with van der Waals surface area (Å²) >= 11 is 0. The standard InChI is InChI=1S/C17H24N2O6/c1-23-12-6-4-11(5-7-12)10-13(18)16(21)19-14(17(22)25-3)8-9-15(20)24-2/h4-7,13-14H,8-10,18H2,1-3H3,(H,19,21)/t13-,14-/m0/s1. The number of carbonyl (C=O) groups excluding carboxylic acids is 3. The third-order valence-corrected chi connectivity index (χ3v) is 3.62. The van der Waals surface area contributed by atoms with Crippen molar-refractivity contribution >= 4 is 17.8 Å². The van der Waals surface area contributed by atoms with Gasteiger partial charge in [-0.1, -0.05) is 12.1 Å². The Kier molecular flexibility index (Phi) is 8.42. The Morgan fingerprint density at radius 2 is 1.72 bits per heavy atom. The number of rotatable bonds is 9. The first-order valence-corrected chi connectivity index (χ1v) is 7.74. The maximum atomic E-state index is 12.2. The Labute approximate surface area is 146 Å². The lowest BCUT2D eigenvalue weighted by molar-refractivity contribution is -0.146. The van der Waals surface area contributed by atoms with Crippen molar-refractivity contribution in [3.05, 3.63) is 29.8 Å². The largest absolute Gasteiger partial charge is 0.497 e. The first-order valence-electron chi connectivity index (χ1n) is 7.74. The van der Waals surface area contributed by atoms with Gasteiger partial charge in [-0.15, -0.1) is 0 Å². The molecule has 0 aliphatic heterocycles. The summed E-state index contributed by atoms with van der Waals surface area (Å²) in [4.78, 5) is 35.2. The summed E-state index contributed by atoms with van der Waals surface area (Å²) in [6, 6.07) is 5.35. The van der Waals surface area contributed by atoms with Crippen LogP contribution in [0.5, 0.6) is 5.75 Å². The zero-order valence-corrected chi connectivity index (χ0v) is 14.6. The molecule has 1 amide bonds. The van der Waals surface area contributed by atoms with Crippen LogP contribution in [0.15, 0.2) is 24.3 Å². The molecule has 1 aromatic rings. The van der Waals surface area contributed by atoms with Gasteiger partial charge < -0.3 is 25.3 Å². The second-order valence-electron chi connectivity index (χ2n) is 5.36. The summed E-state index contributed by atoms with van der Waals surface area (Å²) < 4.78 is 14.2. The molecule has 0 radical (unpaired) electrons. The van der Waals surface area contributed by atoms with Crippen LogP contribution in [-0.4, -0.2) is 51.3 Å². The van der Waals surface area contributed by atoms with E-state index in [0.29, 0.717) is 12.2 Å². The van der Waals surface area contributed by atoms with Crippen molar-refractivity contribution in [1.82, 2.24) is 5.32 Å². The van der Waals surface area contributed by atoms with Crippen LogP contribution in [0.1, 0.15) is 18.4 Å². The van der Waals surface area contributed by atoms with Gasteiger partial charge in [0.2, 0.25) is 5.91 Å². The van der Waals surface area contributed by atoms with E-state index in [0.717, 1.165) is 5.56 Å². The number of ether oxygens (including phenoxy) is 3. The van der Waals surface area contributed by atoms with Crippen molar-refractivity contribution in [2.24, 2.45) is 5.73 Å². The van der Waals surface area contributed by atoms with Gasteiger partial charge in [0.05, 0.1) is 27.4 Å². The molecular formula is C17H24N2O6. The maximum Gasteiger partial charge on any atom is 0.328 e. The van der Waals surface area contributed by atoms with Gasteiger partial charge in [-0.3, -0.25) is 9.59 Å². The van der Waals surface area contributed by atoms with Crippen LogP contribution in [0.25, 0.3) is 0 Å². The molecule has 0 bridgehead atoms. The van der Waals surface area contributed by atoms with Crippen LogP contribution < -0.4 is 15.8 Å². The number of carbonyl (C=O) groups is 3. The monoisotopic (exact) mass is 352 g/mol. The number of methoxy groups -OCH3 is 3. The highest BCUT2D eigenvalue weighted by Crippen LogP contribution is 2.12. The molecular weight excluding hydrogens is 328 g/mol. The maximum absolute atomic E-state index is 12.2. The smallest absolute Gasteiger partial charge is 0.328 e. The Morgan fingerprint density at radius 1 is 1.08 bits per heavy atom. The van der Waals surface area contributed by atoms with Crippen LogP contribution in [-0.2, 0) is 30.3 Å². The van der Waals surface area contributed by atoms with Crippen LogP contribution in [0.3, 0.4) is 0 Å². The number of hydrogen-bond acceptors (Lipinski definition) is 7. The number of esters is 2. The number of hydrogen-bond donors (Lipinski definition) is 2. The van der Waals surface area contributed by atoms with Crippen molar-refractivity contribution in [1.29, 1.82) is 0 Å². The molecule has 0 aromatic heterocycles. The molecule has 0 saturated carbocycles. The molecule has 138 valence electrons. The number of nitrogens with one attached hydrogen (secondary N) is 1. The molecule has 8 nitrogen and oxygen atoms in total. The van der Waals surface area contributed by atoms with Crippen LogP contribution >= 0.6 is 0 Å². The lowest BCUT2D eigenvalue weighted by atomic mass is 10.0. The fourth-order valence-electron chi connectivity index (χ4n) is 2.14. The predicted molar refractivity (Wildman–Crippen MR) is 89.9 cm³/mol. The molecule has 0 aliphatic rings. The molecule has 0 spiro atoms. The van der Waals surface area contributed by atoms with Crippen molar-refractivity contribution in [2.45, 2.75) is 31.3 Å². The van der Waals surface area contributed by atoms with E-state index in [4.69, 9.17) is 10.5 Å². The molecule has 25 heavy (non-hydrogen) atoms. The van der Waals surface area contributed by atoms with Gasteiger partial charge in [-0.2, -0.15) is 0 Å². The Bertz CT molecular complexity index is 587. The summed E-state index contributed by atoms with van der Waals surface area (Å²) in [5.74, 6) is -0.925. The van der Waals surface area contributed by atoms with E-state index in [9.17, 15) is 14.4 Å². The van der Waals surface area contributed by atoms with Gasteiger partial charge in [0, 0.05) is 6.42 Å². The van der Waals surface area contributed by atoms with Gasteiger partial charge in [0.15, 0.2) is 0 Å². The lowest BCUT2D eigenvalue weighted by Crippen LogP contribution is -2.49. The van der Waals surface area contributed by atoms with E-state index in [1.165, 1.54) is 14.2 Å². The topological polar surface area (TPSA) is 117 Å². The van der Waals surface area contributed by atoms with E-state index < -0.39 is 29.9 Å². The Hall–Kier alpha value is -2.61. The zero-order valence-electron chi connectivity index (χ0n) is 14.6. The van der Waals surface area contributed by atoms with Crippen LogP contribution in [0.2, 0.25) is 0 Å². The normalized spacial score (nSPS) is 12.6. The van der Waals surface area contributed by atoms with E-state index >= 15 is 0 Å². The van der Waals surface area contributed by atoms with Crippen molar-refractivity contribution < 1.29 is 28.6 Å². The van der Waals surface area contributed by atoms with Crippen LogP contribution in [0.4, 0.5) is 0 Å². The number of nitrogens with two attached hydrogens (primary N) is 1. The van der Waals surface area contributed by atoms with Crippen LogP contribution in [0, 0.1) is 0 Å². The molecule has 1 aromatic carbocycles. The second-order valence-corrected chi connectivity index (χ2v) is 5.36. The van der Waals surface area contributed by atoms with Gasteiger partial charge in [0.25, 0.3) is 0 Å². The Balaban J connectivity index is 2.63. The van der Waals surface area contributed by atoms with Gasteiger partial charge in [0.1, 0.15) is 11.8 Å². The Morgan fingerprint density at radius 3 is 2.24 bits per heavy atom. The molecule has 0 fully saturated rings. The fraction of sp³-hybridized carbons (Fsp3) is 0.471. The third-order valence-electron chi connectivity index (χ3n) is 3.62. The molecule has 2 atom stereocenters. The van der Waals surface area contributed by atoms with E-state index in [-0.39, 0.29) is 12.8 Å². The SMILES string of the molecule is COC(=O)CC[C@H](NC(=O)[C@@H](N)Cc1ccc(OC)cc1)C(=O)OC. The molecule has 0 heterocycles. The van der Waals surface area contributed by atoms with Gasteiger partial charge in [-0.05, 0) is 30.5 Å². The summed E-state index contributed by atoms with van der Waals surface area (Å²) in [6.45, 7) is 0. The lowest BCUT2D eigenvalue weighted by Gasteiger charge is -2.19. The molecule has 1 rings (SSSR count). The first-order chi connectivity index (χ1) is 11.9. The minimum Gasteiger partial charge on any atom is -0.497 e. The summed E-state index contributed by atoms with van der Waals surface area (Å²) in [6.07, 6.45) is 0.339. The average Bonchev–Trinajstić information content (AvgIpc) is 2.64. The minimum atomic E-state index is -0.960. The van der Waals surface area contributed by atoms with Gasteiger partial charge >= 0.3 is 11.9 Å². The van der Waals surface area contributed by atoms with Crippen molar-refractivity contribution in [3.8, 4) is 5.75 Å². The number of benzene rings is 1. The summed E-state index contributed by atoms with van der Waals surface area (Å²) in [5, 5.41) is 2.52. The second kappa shape index (κ2) is 10.3. The third kappa shape index (κ3) is 6.80. The highest BCUT2D eigenvalue weighted by Gasteiger charge is 2.25. The highest BCUT2D eigenvalue weighted by atomic mass is 16.5. The quantitative estimate of drug-likeness (QED) is 0.609. The predicted octanol–water partition coefficient (Wildman–Crippen LogP) is 0.176. The molecule has 0 saturated heterocycles. The molecule has 0 aliphatic carbocycles. The molecule has 3 N–H and O–H groups in total. The first kappa shape index (κ1) is 20.4. The zero-order chi connectivity index (χ0) is 18.8. The number of amides is 1.